The topological polar surface area (TPSA) is 59.8 Å². The molecule has 0 atom stereocenters. The molecule has 0 N–H and O–H groups in total. The molecule has 1 aromatic heterocycles. The maximum absolute atomic E-state index is 13.3. The molecule has 200 valence electrons. The van der Waals surface area contributed by atoms with E-state index in [4.69, 9.17) is 14.6 Å². The third kappa shape index (κ3) is 5.83. The third-order valence-electron chi connectivity index (χ3n) is 7.53. The monoisotopic (exact) mass is 522 g/mol. The molecule has 1 aliphatic carbocycles. The van der Waals surface area contributed by atoms with Crippen LogP contribution in [0.5, 0.6) is 5.75 Å². The highest BCUT2D eigenvalue weighted by Crippen LogP contribution is 2.32. The Morgan fingerprint density at radius 1 is 0.949 bits per heavy atom. The van der Waals surface area contributed by atoms with Crippen molar-refractivity contribution in [3.63, 3.8) is 0 Å². The first-order valence-corrected chi connectivity index (χ1v) is 13.7. The van der Waals surface area contributed by atoms with Crippen molar-refractivity contribution in [2.24, 2.45) is 0 Å². The molecule has 0 radical (unpaired) electrons. The summed E-state index contributed by atoms with van der Waals surface area (Å²) < 4.78 is 13.2. The second kappa shape index (κ2) is 11.3. The Hall–Kier alpha value is -4.10. The molecule has 7 heteroatoms. The fourth-order valence-corrected chi connectivity index (χ4v) is 5.27. The minimum Gasteiger partial charge on any atom is -0.497 e. The van der Waals surface area contributed by atoms with Gasteiger partial charge in [-0.3, -0.25) is 9.80 Å². The van der Waals surface area contributed by atoms with Gasteiger partial charge < -0.3 is 9.47 Å². The van der Waals surface area contributed by atoms with E-state index in [1.165, 1.54) is 16.8 Å². The number of para-hydroxylation sites is 1. The summed E-state index contributed by atoms with van der Waals surface area (Å²) in [5.74, 6) is 0.866. The zero-order valence-electron chi connectivity index (χ0n) is 22.3. The van der Waals surface area contributed by atoms with Crippen LogP contribution in [0.15, 0.2) is 84.9 Å². The quantitative estimate of drug-likeness (QED) is 0.281. The van der Waals surface area contributed by atoms with Crippen molar-refractivity contribution in [2.75, 3.05) is 13.7 Å². The molecule has 1 saturated carbocycles. The normalized spacial score (nSPS) is 15.0. The lowest BCUT2D eigenvalue weighted by Crippen LogP contribution is -2.34. The highest BCUT2D eigenvalue weighted by Gasteiger charge is 2.36. The van der Waals surface area contributed by atoms with Gasteiger partial charge in [0.2, 0.25) is 0 Å². The van der Waals surface area contributed by atoms with E-state index >= 15 is 0 Å². The Labute approximate surface area is 229 Å². The largest absolute Gasteiger partial charge is 0.497 e. The molecule has 2 heterocycles. The van der Waals surface area contributed by atoms with E-state index in [9.17, 15) is 4.79 Å². The average Bonchev–Trinajstić information content (AvgIpc) is 3.77. The van der Waals surface area contributed by atoms with E-state index in [0.29, 0.717) is 6.54 Å². The van der Waals surface area contributed by atoms with Crippen LogP contribution in [0.4, 0.5) is 4.79 Å². The Balaban J connectivity index is 1.24. The molecular formula is C32H34N4O3. The second-order valence-corrected chi connectivity index (χ2v) is 10.3. The number of benzene rings is 3. The van der Waals surface area contributed by atoms with Crippen LogP contribution in [0.25, 0.3) is 5.69 Å². The van der Waals surface area contributed by atoms with E-state index in [0.717, 1.165) is 61.6 Å². The predicted molar refractivity (Wildman–Crippen MR) is 150 cm³/mol. The minimum atomic E-state index is -0.268. The van der Waals surface area contributed by atoms with Crippen molar-refractivity contribution in [3.05, 3.63) is 113 Å². The van der Waals surface area contributed by atoms with Gasteiger partial charge in [-0.2, -0.15) is 5.10 Å². The van der Waals surface area contributed by atoms with Gasteiger partial charge in [0.25, 0.3) is 0 Å². The summed E-state index contributed by atoms with van der Waals surface area (Å²) in [6, 6.07) is 28.6. The van der Waals surface area contributed by atoms with Crippen molar-refractivity contribution in [1.82, 2.24) is 19.6 Å². The fourth-order valence-electron chi connectivity index (χ4n) is 5.27. The number of amides is 1. The van der Waals surface area contributed by atoms with Crippen LogP contribution < -0.4 is 4.74 Å². The van der Waals surface area contributed by atoms with Crippen LogP contribution in [-0.4, -0.2) is 45.4 Å². The van der Waals surface area contributed by atoms with E-state index in [2.05, 4.69) is 33.8 Å². The van der Waals surface area contributed by atoms with Gasteiger partial charge in [-0.25, -0.2) is 9.48 Å². The van der Waals surface area contributed by atoms with Gasteiger partial charge in [-0.15, -0.1) is 0 Å². The summed E-state index contributed by atoms with van der Waals surface area (Å²) in [5.41, 5.74) is 6.70. The van der Waals surface area contributed by atoms with E-state index in [1.807, 2.05) is 65.6 Å². The summed E-state index contributed by atoms with van der Waals surface area (Å²) >= 11 is 0. The van der Waals surface area contributed by atoms with E-state index in [1.54, 1.807) is 7.11 Å². The number of aromatic nitrogens is 2. The van der Waals surface area contributed by atoms with Crippen molar-refractivity contribution in [1.29, 1.82) is 0 Å². The number of carbonyl (C=O) groups excluding carboxylic acids is 1. The molecule has 0 saturated heterocycles. The van der Waals surface area contributed by atoms with Gasteiger partial charge in [0, 0.05) is 37.7 Å². The van der Waals surface area contributed by atoms with Crippen LogP contribution >= 0.6 is 0 Å². The number of rotatable bonds is 9. The number of fused-ring (bicyclic) bond motifs is 1. The molecule has 1 fully saturated rings. The third-order valence-corrected chi connectivity index (χ3v) is 7.53. The molecule has 3 aromatic carbocycles. The van der Waals surface area contributed by atoms with E-state index in [-0.39, 0.29) is 18.7 Å². The zero-order chi connectivity index (χ0) is 26.6. The smallest absolute Gasteiger partial charge is 0.410 e. The van der Waals surface area contributed by atoms with Gasteiger partial charge in [0.15, 0.2) is 0 Å². The first-order valence-electron chi connectivity index (χ1n) is 13.7. The lowest BCUT2D eigenvalue weighted by Gasteiger charge is -2.28. The Morgan fingerprint density at radius 2 is 1.67 bits per heavy atom. The highest BCUT2D eigenvalue weighted by atomic mass is 16.6. The summed E-state index contributed by atoms with van der Waals surface area (Å²) in [6.45, 7) is 3.32. The molecule has 1 aliphatic heterocycles. The number of ether oxygens (including phenoxy) is 2. The lowest BCUT2D eigenvalue weighted by molar-refractivity contribution is 0.0902. The minimum absolute atomic E-state index is 0.213. The van der Waals surface area contributed by atoms with Gasteiger partial charge >= 0.3 is 6.09 Å². The molecule has 4 aromatic rings. The zero-order valence-corrected chi connectivity index (χ0v) is 22.3. The van der Waals surface area contributed by atoms with E-state index < -0.39 is 0 Å². The summed E-state index contributed by atoms with van der Waals surface area (Å²) in [7, 11) is 1.69. The van der Waals surface area contributed by atoms with Crippen LogP contribution in [0.3, 0.4) is 0 Å². The molecule has 39 heavy (non-hydrogen) atoms. The van der Waals surface area contributed by atoms with Gasteiger partial charge in [-0.05, 0) is 48.2 Å². The number of carbonyl (C=O) groups is 1. The van der Waals surface area contributed by atoms with Gasteiger partial charge in [-0.1, -0.05) is 60.7 Å². The van der Waals surface area contributed by atoms with Crippen LogP contribution in [0.1, 0.15) is 40.9 Å². The first kappa shape index (κ1) is 25.2. The maximum Gasteiger partial charge on any atom is 0.410 e. The molecule has 2 aliphatic rings. The second-order valence-electron chi connectivity index (χ2n) is 10.3. The van der Waals surface area contributed by atoms with Gasteiger partial charge in [0.1, 0.15) is 12.4 Å². The molecular weight excluding hydrogens is 488 g/mol. The van der Waals surface area contributed by atoms with Gasteiger partial charge in [0.05, 0.1) is 30.7 Å². The summed E-state index contributed by atoms with van der Waals surface area (Å²) in [6.07, 6.45) is 2.64. The SMILES string of the molecule is COc1ccc(CN2CCc3c(c(CN(C(=O)OCc4ccccc4)C4CC4)nn3-c3ccccc3)C2)cc1. The maximum atomic E-state index is 13.3. The first-order chi connectivity index (χ1) is 19.2. The number of methoxy groups -OCH3 is 1. The van der Waals surface area contributed by atoms with Crippen molar-refractivity contribution < 1.29 is 14.3 Å². The number of nitrogens with zero attached hydrogens (tertiary/aromatic N) is 4. The standard InChI is InChI=1S/C32H34N4O3/c1-38-28-16-12-24(13-17-28)20-34-19-18-31-29(21-34)30(33-36(31)27-10-6-3-7-11-27)22-35(26-14-15-26)32(37)39-23-25-8-4-2-5-9-25/h2-13,16-17,26H,14-15,18-23H2,1H3. The molecule has 0 bridgehead atoms. The molecule has 7 nitrogen and oxygen atoms in total. The Morgan fingerprint density at radius 3 is 2.36 bits per heavy atom. The molecule has 6 rings (SSSR count). The Bertz CT molecular complexity index is 1400. The van der Waals surface area contributed by atoms with Crippen molar-refractivity contribution in [3.8, 4) is 11.4 Å². The molecule has 1 amide bonds. The Kier molecular flexibility index (Phi) is 7.32. The summed E-state index contributed by atoms with van der Waals surface area (Å²) in [4.78, 5) is 17.6. The summed E-state index contributed by atoms with van der Waals surface area (Å²) in [5, 5.41) is 5.10. The van der Waals surface area contributed by atoms with Crippen LogP contribution in [0.2, 0.25) is 0 Å². The van der Waals surface area contributed by atoms with Crippen LogP contribution in [-0.2, 0) is 37.4 Å². The molecule has 0 unspecified atom stereocenters. The lowest BCUT2D eigenvalue weighted by atomic mass is 10.0. The molecule has 0 spiro atoms. The predicted octanol–water partition coefficient (Wildman–Crippen LogP) is 5.74. The fraction of sp³-hybridized carbons (Fsp3) is 0.312. The van der Waals surface area contributed by atoms with Crippen molar-refractivity contribution >= 4 is 6.09 Å². The number of hydrogen-bond donors (Lipinski definition) is 0. The highest BCUT2D eigenvalue weighted by molar-refractivity contribution is 5.68. The van der Waals surface area contributed by atoms with Crippen LogP contribution in [0, 0.1) is 0 Å². The van der Waals surface area contributed by atoms with Crippen molar-refractivity contribution in [2.45, 2.75) is 51.5 Å². The number of hydrogen-bond acceptors (Lipinski definition) is 5. The average molecular weight is 523 g/mol.